The fourth-order valence-corrected chi connectivity index (χ4v) is 1.55. The lowest BCUT2D eigenvalue weighted by molar-refractivity contribution is 0.371. The van der Waals surface area contributed by atoms with E-state index in [4.69, 9.17) is 8.74 Å². The Kier molecular flexibility index (Phi) is 4.69. The van der Waals surface area contributed by atoms with E-state index in [0.717, 1.165) is 11.1 Å². The molecule has 0 amide bonds. The first-order valence-electron chi connectivity index (χ1n) is 4.46. The molecule has 92 valence electrons. The van der Waals surface area contributed by atoms with Gasteiger partial charge in [0.15, 0.2) is 6.11 Å². The van der Waals surface area contributed by atoms with Crippen LogP contribution in [-0.2, 0) is 14.6 Å². The van der Waals surface area contributed by atoms with Gasteiger partial charge in [-0.2, -0.15) is 8.42 Å². The standard InChI is InChI=1S/C10H10O5S2/c1-8-4-3-5-10(9(8)2)15-16-7-6-14-17(11,12)13/h3-5H,1-2H3,(H,11,12,13). The lowest BCUT2D eigenvalue weighted by Gasteiger charge is -2.05. The second-order valence-electron chi connectivity index (χ2n) is 3.08. The van der Waals surface area contributed by atoms with Crippen LogP contribution in [0.5, 0.6) is 5.75 Å². The van der Waals surface area contributed by atoms with Gasteiger partial charge in [-0.1, -0.05) is 12.1 Å². The maximum atomic E-state index is 10.1. The fraction of sp³-hybridized carbons (Fsp3) is 0.200. The van der Waals surface area contributed by atoms with Crippen molar-refractivity contribution in [2.45, 2.75) is 13.8 Å². The van der Waals surface area contributed by atoms with Crippen molar-refractivity contribution in [3.8, 4) is 17.1 Å². The smallest absolute Gasteiger partial charge is 0.412 e. The Hall–Kier alpha value is -1.36. The molecule has 7 heteroatoms. The number of rotatable bonds is 3. The molecule has 0 bridgehead atoms. The van der Waals surface area contributed by atoms with Gasteiger partial charge in [-0.05, 0) is 31.0 Å². The van der Waals surface area contributed by atoms with Crippen molar-refractivity contribution in [1.29, 1.82) is 0 Å². The van der Waals surface area contributed by atoms with Crippen LogP contribution in [0.1, 0.15) is 11.1 Å². The summed E-state index contributed by atoms with van der Waals surface area (Å²) in [7, 11) is -4.53. The molecule has 1 rings (SSSR count). The molecule has 0 heterocycles. The molecule has 0 aliphatic heterocycles. The predicted molar refractivity (Wildman–Crippen MR) is 64.5 cm³/mol. The topological polar surface area (TPSA) is 72.8 Å². The minimum atomic E-state index is -4.53. The molecule has 0 spiro atoms. The summed E-state index contributed by atoms with van der Waals surface area (Å²) >= 11 is 0.708. The van der Waals surface area contributed by atoms with Gasteiger partial charge in [-0.25, -0.2) is 0 Å². The van der Waals surface area contributed by atoms with E-state index in [1.807, 2.05) is 26.0 Å². The zero-order valence-corrected chi connectivity index (χ0v) is 10.8. The van der Waals surface area contributed by atoms with E-state index in [-0.39, 0.29) is 0 Å². The van der Waals surface area contributed by atoms with Gasteiger partial charge in [-0.3, -0.25) is 4.55 Å². The first-order valence-corrected chi connectivity index (χ1v) is 6.56. The van der Waals surface area contributed by atoms with Gasteiger partial charge in [-0.15, -0.1) is 0 Å². The van der Waals surface area contributed by atoms with Crippen molar-refractivity contribution in [2.75, 3.05) is 0 Å². The number of benzene rings is 1. The third-order valence-corrected chi connectivity index (χ3v) is 2.64. The van der Waals surface area contributed by atoms with Crippen LogP contribution in [-0.4, -0.2) is 13.0 Å². The second-order valence-corrected chi connectivity index (χ2v) is 4.64. The summed E-state index contributed by atoms with van der Waals surface area (Å²) in [5, 5.41) is 2.22. The molecule has 0 radical (unpaired) electrons. The van der Waals surface area contributed by atoms with Gasteiger partial charge in [0.2, 0.25) is 0 Å². The van der Waals surface area contributed by atoms with E-state index in [1.54, 1.807) is 12.2 Å². The molecule has 0 unspecified atom stereocenters. The average molecular weight is 274 g/mol. The molecular weight excluding hydrogens is 264 g/mol. The van der Waals surface area contributed by atoms with Crippen LogP contribution in [0.3, 0.4) is 0 Å². The van der Waals surface area contributed by atoms with Crippen LogP contribution in [0.4, 0.5) is 0 Å². The Balaban J connectivity index is 2.55. The number of hydrogen-bond donors (Lipinski definition) is 1. The lowest BCUT2D eigenvalue weighted by atomic mass is 10.1. The first-order chi connectivity index (χ1) is 7.90. The molecule has 1 aromatic rings. The Bertz CT molecular complexity index is 554. The van der Waals surface area contributed by atoms with Gasteiger partial charge in [0.25, 0.3) is 0 Å². The van der Waals surface area contributed by atoms with Crippen LogP contribution in [0.15, 0.2) is 18.2 Å². The molecule has 0 aliphatic carbocycles. The van der Waals surface area contributed by atoms with E-state index in [9.17, 15) is 8.42 Å². The van der Waals surface area contributed by atoms with Crippen LogP contribution >= 0.6 is 12.0 Å². The Morgan fingerprint density at radius 2 is 2.06 bits per heavy atom. The Morgan fingerprint density at radius 3 is 2.71 bits per heavy atom. The quantitative estimate of drug-likeness (QED) is 0.517. The van der Waals surface area contributed by atoms with Crippen LogP contribution < -0.4 is 4.18 Å². The van der Waals surface area contributed by atoms with Crippen molar-refractivity contribution in [2.24, 2.45) is 0 Å². The monoisotopic (exact) mass is 274 g/mol. The van der Waals surface area contributed by atoms with Crippen molar-refractivity contribution in [3.05, 3.63) is 29.3 Å². The highest BCUT2D eigenvalue weighted by molar-refractivity contribution is 7.99. The largest absolute Gasteiger partial charge is 0.454 e. The molecule has 0 atom stereocenters. The Morgan fingerprint density at radius 1 is 1.35 bits per heavy atom. The van der Waals surface area contributed by atoms with Crippen LogP contribution in [0.2, 0.25) is 0 Å². The summed E-state index contributed by atoms with van der Waals surface area (Å²) in [6.45, 7) is 3.84. The maximum absolute atomic E-state index is 10.1. The van der Waals surface area contributed by atoms with Gasteiger partial charge < -0.3 is 8.37 Å². The third kappa shape index (κ3) is 4.99. The molecule has 0 aliphatic rings. The molecule has 0 saturated carbocycles. The molecule has 0 fully saturated rings. The molecular formula is C10H10O5S2. The van der Waals surface area contributed by atoms with Gasteiger partial charge in [0.05, 0.1) is 5.25 Å². The molecule has 0 aromatic heterocycles. The molecule has 0 saturated heterocycles. The molecule has 1 aromatic carbocycles. The SMILES string of the molecule is Cc1cccc(OSC#COS(=O)(=O)O)c1C. The fourth-order valence-electron chi connectivity index (χ4n) is 0.967. The van der Waals surface area contributed by atoms with E-state index in [1.165, 1.54) is 0 Å². The zero-order valence-electron chi connectivity index (χ0n) is 9.13. The van der Waals surface area contributed by atoms with Crippen LogP contribution in [0.25, 0.3) is 0 Å². The molecule has 5 nitrogen and oxygen atoms in total. The Labute approximate surface area is 104 Å². The summed E-state index contributed by atoms with van der Waals surface area (Å²) in [6, 6.07) is 5.54. The average Bonchev–Trinajstić information content (AvgIpc) is 2.22. The van der Waals surface area contributed by atoms with E-state index >= 15 is 0 Å². The molecule has 17 heavy (non-hydrogen) atoms. The third-order valence-electron chi connectivity index (χ3n) is 1.92. The minimum Gasteiger partial charge on any atom is -0.412 e. The maximum Gasteiger partial charge on any atom is 0.454 e. The van der Waals surface area contributed by atoms with Crippen molar-refractivity contribution < 1.29 is 21.3 Å². The van der Waals surface area contributed by atoms with E-state index in [2.05, 4.69) is 9.44 Å². The zero-order chi connectivity index (χ0) is 12.9. The van der Waals surface area contributed by atoms with Gasteiger partial charge in [0, 0.05) is 0 Å². The highest BCUT2D eigenvalue weighted by Gasteiger charge is 2.02. The van der Waals surface area contributed by atoms with E-state index in [0.29, 0.717) is 17.8 Å². The summed E-state index contributed by atoms with van der Waals surface area (Å²) in [4.78, 5) is 0. The van der Waals surface area contributed by atoms with Crippen LogP contribution in [0, 0.1) is 25.2 Å². The summed E-state index contributed by atoms with van der Waals surface area (Å²) < 4.78 is 37.5. The van der Waals surface area contributed by atoms with Crippen molar-refractivity contribution in [1.82, 2.24) is 0 Å². The summed E-state index contributed by atoms with van der Waals surface area (Å²) in [5.74, 6) is 0.635. The highest BCUT2D eigenvalue weighted by Crippen LogP contribution is 2.23. The van der Waals surface area contributed by atoms with E-state index < -0.39 is 10.4 Å². The normalized spacial score (nSPS) is 10.3. The van der Waals surface area contributed by atoms with Crippen molar-refractivity contribution >= 4 is 22.4 Å². The summed E-state index contributed by atoms with van der Waals surface area (Å²) in [6.07, 6.45) is 1.78. The predicted octanol–water partition coefficient (Wildman–Crippen LogP) is 2.07. The number of hydrogen-bond acceptors (Lipinski definition) is 5. The van der Waals surface area contributed by atoms with Gasteiger partial charge >= 0.3 is 10.4 Å². The van der Waals surface area contributed by atoms with Crippen molar-refractivity contribution in [3.63, 3.8) is 0 Å². The summed E-state index contributed by atoms with van der Waals surface area (Å²) in [5.41, 5.74) is 2.04. The first kappa shape index (κ1) is 13.7. The van der Waals surface area contributed by atoms with Gasteiger partial charge in [0.1, 0.15) is 17.8 Å². The highest BCUT2D eigenvalue weighted by atomic mass is 32.3. The lowest BCUT2D eigenvalue weighted by Crippen LogP contribution is -1.97. The second kappa shape index (κ2) is 5.82. The minimum absolute atomic E-state index is 0.635. The molecule has 1 N–H and O–H groups in total. The number of aryl methyl sites for hydroxylation is 1.